The number of ether oxygens (including phenoxy) is 1. The molecule has 1 heterocycles. The summed E-state index contributed by atoms with van der Waals surface area (Å²) in [5.41, 5.74) is 2.03. The highest BCUT2D eigenvalue weighted by molar-refractivity contribution is 9.09. The lowest BCUT2D eigenvalue weighted by Crippen LogP contribution is -2.18. The maximum atomic E-state index is 5.22. The van der Waals surface area contributed by atoms with E-state index in [0.717, 1.165) is 43.1 Å². The molecule has 0 radical (unpaired) electrons. The molecule has 0 spiro atoms. The first-order valence-electron chi connectivity index (χ1n) is 6.02. The smallest absolute Gasteiger partial charge is 0.122 e. The number of rotatable bonds is 7. The van der Waals surface area contributed by atoms with E-state index >= 15 is 0 Å². The molecule has 96 valence electrons. The Labute approximate surface area is 112 Å². The van der Waals surface area contributed by atoms with Gasteiger partial charge in [0.05, 0.1) is 12.8 Å². The van der Waals surface area contributed by atoms with Gasteiger partial charge >= 0.3 is 0 Å². The van der Waals surface area contributed by atoms with Gasteiger partial charge in [0.15, 0.2) is 0 Å². The van der Waals surface area contributed by atoms with Crippen LogP contribution in [-0.2, 0) is 6.54 Å². The highest BCUT2D eigenvalue weighted by Crippen LogP contribution is 2.13. The van der Waals surface area contributed by atoms with Gasteiger partial charge in [0, 0.05) is 29.2 Å². The highest BCUT2D eigenvalue weighted by Gasteiger charge is 2.02. The summed E-state index contributed by atoms with van der Waals surface area (Å²) in [7, 11) is 1.68. The van der Waals surface area contributed by atoms with Crippen LogP contribution in [-0.4, -0.2) is 23.5 Å². The van der Waals surface area contributed by atoms with Gasteiger partial charge in [0.1, 0.15) is 5.75 Å². The number of aryl methyl sites for hydroxylation is 1. The SMILES string of the molecule is CCC(Br)CCNCc1cc(OC)cc(C)n1. The molecule has 1 atom stereocenters. The van der Waals surface area contributed by atoms with Crippen LogP contribution in [0, 0.1) is 6.92 Å². The minimum Gasteiger partial charge on any atom is -0.497 e. The molecule has 17 heavy (non-hydrogen) atoms. The number of alkyl halides is 1. The quantitative estimate of drug-likeness (QED) is 0.621. The van der Waals surface area contributed by atoms with Crippen LogP contribution in [0.25, 0.3) is 0 Å². The van der Waals surface area contributed by atoms with Crippen molar-refractivity contribution in [2.75, 3.05) is 13.7 Å². The van der Waals surface area contributed by atoms with Crippen LogP contribution in [0.1, 0.15) is 31.2 Å². The molecule has 0 aliphatic carbocycles. The molecule has 1 N–H and O–H groups in total. The van der Waals surface area contributed by atoms with Crippen molar-refractivity contribution in [1.82, 2.24) is 10.3 Å². The summed E-state index contributed by atoms with van der Waals surface area (Å²) in [6, 6.07) is 3.92. The second-order valence-corrected chi connectivity index (χ2v) is 5.41. The molecule has 1 aromatic heterocycles. The molecule has 1 unspecified atom stereocenters. The van der Waals surface area contributed by atoms with Crippen molar-refractivity contribution in [3.8, 4) is 5.75 Å². The van der Waals surface area contributed by atoms with Gasteiger partial charge in [0.2, 0.25) is 0 Å². The van der Waals surface area contributed by atoms with E-state index in [1.165, 1.54) is 0 Å². The number of halogens is 1. The Kier molecular flexibility index (Phi) is 6.52. The lowest BCUT2D eigenvalue weighted by atomic mass is 10.2. The summed E-state index contributed by atoms with van der Waals surface area (Å²) < 4.78 is 5.22. The van der Waals surface area contributed by atoms with E-state index in [1.54, 1.807) is 7.11 Å². The van der Waals surface area contributed by atoms with E-state index in [9.17, 15) is 0 Å². The molecule has 3 nitrogen and oxygen atoms in total. The standard InChI is InChI=1S/C13H21BrN2O/c1-4-11(14)5-6-15-9-12-8-13(17-3)7-10(2)16-12/h7-8,11,15H,4-6,9H2,1-3H3. The Bertz CT molecular complexity index is 344. The first kappa shape index (κ1) is 14.5. The second-order valence-electron chi connectivity index (χ2n) is 4.11. The molecule has 0 aliphatic heterocycles. The van der Waals surface area contributed by atoms with Crippen molar-refractivity contribution in [2.24, 2.45) is 0 Å². The van der Waals surface area contributed by atoms with E-state index in [4.69, 9.17) is 4.74 Å². The Balaban J connectivity index is 2.38. The topological polar surface area (TPSA) is 34.1 Å². The number of aromatic nitrogens is 1. The normalized spacial score (nSPS) is 12.5. The zero-order chi connectivity index (χ0) is 12.7. The van der Waals surface area contributed by atoms with Crippen LogP contribution in [0.3, 0.4) is 0 Å². The predicted octanol–water partition coefficient (Wildman–Crippen LogP) is 3.05. The van der Waals surface area contributed by atoms with Gasteiger partial charge in [-0.05, 0) is 26.3 Å². The molecule has 1 aromatic rings. The number of methoxy groups -OCH3 is 1. The fourth-order valence-corrected chi connectivity index (χ4v) is 1.82. The van der Waals surface area contributed by atoms with Gasteiger partial charge in [-0.15, -0.1) is 0 Å². The monoisotopic (exact) mass is 300 g/mol. The Morgan fingerprint density at radius 2 is 2.24 bits per heavy atom. The Morgan fingerprint density at radius 3 is 2.88 bits per heavy atom. The van der Waals surface area contributed by atoms with Gasteiger partial charge in [-0.1, -0.05) is 22.9 Å². The number of hydrogen-bond acceptors (Lipinski definition) is 3. The zero-order valence-electron chi connectivity index (χ0n) is 10.8. The van der Waals surface area contributed by atoms with E-state index in [2.05, 4.69) is 33.2 Å². The van der Waals surface area contributed by atoms with Crippen molar-refractivity contribution in [1.29, 1.82) is 0 Å². The van der Waals surface area contributed by atoms with Gasteiger partial charge < -0.3 is 10.1 Å². The Hall–Kier alpha value is -0.610. The second kappa shape index (κ2) is 7.67. The van der Waals surface area contributed by atoms with Crippen LogP contribution in [0.2, 0.25) is 0 Å². The van der Waals surface area contributed by atoms with Crippen molar-refractivity contribution < 1.29 is 4.74 Å². The van der Waals surface area contributed by atoms with Crippen LogP contribution in [0.5, 0.6) is 5.75 Å². The lowest BCUT2D eigenvalue weighted by Gasteiger charge is -2.09. The summed E-state index contributed by atoms with van der Waals surface area (Å²) in [5, 5.41) is 3.40. The van der Waals surface area contributed by atoms with E-state index in [-0.39, 0.29) is 0 Å². The zero-order valence-corrected chi connectivity index (χ0v) is 12.4. The summed E-state index contributed by atoms with van der Waals surface area (Å²) in [6.45, 7) is 5.97. The fraction of sp³-hybridized carbons (Fsp3) is 0.615. The third-order valence-corrected chi connectivity index (χ3v) is 3.70. The summed E-state index contributed by atoms with van der Waals surface area (Å²) in [4.78, 5) is 5.07. The van der Waals surface area contributed by atoms with Crippen LogP contribution >= 0.6 is 15.9 Å². The van der Waals surface area contributed by atoms with Gasteiger partial charge in [0.25, 0.3) is 0 Å². The molecule has 0 aliphatic rings. The molecule has 0 fully saturated rings. The van der Waals surface area contributed by atoms with Crippen molar-refractivity contribution >= 4 is 15.9 Å². The molecule has 0 saturated heterocycles. The first-order valence-corrected chi connectivity index (χ1v) is 6.93. The van der Waals surface area contributed by atoms with Gasteiger partial charge in [-0.25, -0.2) is 0 Å². The molecule has 0 saturated carbocycles. The molecule has 0 amide bonds. The molecular formula is C13H21BrN2O. The lowest BCUT2D eigenvalue weighted by molar-refractivity contribution is 0.412. The first-order chi connectivity index (χ1) is 8.15. The van der Waals surface area contributed by atoms with Crippen LogP contribution < -0.4 is 10.1 Å². The molecule has 0 aromatic carbocycles. The maximum Gasteiger partial charge on any atom is 0.122 e. The van der Waals surface area contributed by atoms with E-state index in [0.29, 0.717) is 4.83 Å². The number of nitrogens with one attached hydrogen (secondary N) is 1. The predicted molar refractivity (Wildman–Crippen MR) is 74.9 cm³/mol. The van der Waals surface area contributed by atoms with E-state index < -0.39 is 0 Å². The number of nitrogens with zero attached hydrogens (tertiary/aromatic N) is 1. The molecular weight excluding hydrogens is 280 g/mol. The largest absolute Gasteiger partial charge is 0.497 e. The van der Waals surface area contributed by atoms with Gasteiger partial charge in [-0.3, -0.25) is 4.98 Å². The van der Waals surface area contributed by atoms with Crippen molar-refractivity contribution in [2.45, 2.75) is 38.1 Å². The van der Waals surface area contributed by atoms with Crippen molar-refractivity contribution in [3.63, 3.8) is 0 Å². The van der Waals surface area contributed by atoms with E-state index in [1.807, 2.05) is 19.1 Å². The summed E-state index contributed by atoms with van der Waals surface area (Å²) >= 11 is 3.62. The number of hydrogen-bond donors (Lipinski definition) is 1. The molecule has 1 rings (SSSR count). The third-order valence-electron chi connectivity index (χ3n) is 2.60. The Morgan fingerprint density at radius 1 is 1.47 bits per heavy atom. The number of pyridine rings is 1. The molecule has 0 bridgehead atoms. The average molecular weight is 301 g/mol. The average Bonchev–Trinajstić information content (AvgIpc) is 2.33. The minimum absolute atomic E-state index is 0.606. The van der Waals surface area contributed by atoms with Gasteiger partial charge in [-0.2, -0.15) is 0 Å². The minimum atomic E-state index is 0.606. The summed E-state index contributed by atoms with van der Waals surface area (Å²) in [5.74, 6) is 0.876. The van der Waals surface area contributed by atoms with Crippen molar-refractivity contribution in [3.05, 3.63) is 23.5 Å². The maximum absolute atomic E-state index is 5.22. The van der Waals surface area contributed by atoms with Crippen LogP contribution in [0.15, 0.2) is 12.1 Å². The fourth-order valence-electron chi connectivity index (χ4n) is 1.59. The highest BCUT2D eigenvalue weighted by atomic mass is 79.9. The third kappa shape index (κ3) is 5.50. The molecule has 4 heteroatoms. The van der Waals surface area contributed by atoms with Crippen LogP contribution in [0.4, 0.5) is 0 Å². The summed E-state index contributed by atoms with van der Waals surface area (Å²) in [6.07, 6.45) is 2.30.